The van der Waals surface area contributed by atoms with Crippen LogP contribution in [0.25, 0.3) is 11.3 Å². The topological polar surface area (TPSA) is 76.5 Å². The van der Waals surface area contributed by atoms with Crippen molar-refractivity contribution in [3.63, 3.8) is 0 Å². The van der Waals surface area contributed by atoms with E-state index in [-0.39, 0.29) is 18.2 Å². The zero-order valence-corrected chi connectivity index (χ0v) is 21.0. The summed E-state index contributed by atoms with van der Waals surface area (Å²) in [5.74, 6) is -1.39. The molecule has 2 aromatic carbocycles. The van der Waals surface area contributed by atoms with E-state index in [1.807, 2.05) is 42.8 Å². The number of hydrogen-bond acceptors (Lipinski definition) is 4. The van der Waals surface area contributed by atoms with Crippen LogP contribution in [-0.4, -0.2) is 47.3 Å². The van der Waals surface area contributed by atoms with Crippen molar-refractivity contribution >= 4 is 17.5 Å². The number of methoxy groups -OCH3 is 1. The van der Waals surface area contributed by atoms with E-state index in [1.165, 1.54) is 17.0 Å². The molecule has 1 aliphatic rings. The minimum Gasteiger partial charge on any atom is -0.385 e. The molecule has 0 saturated heterocycles. The van der Waals surface area contributed by atoms with E-state index >= 15 is 0 Å². The van der Waals surface area contributed by atoms with Crippen molar-refractivity contribution in [3.05, 3.63) is 82.9 Å². The van der Waals surface area contributed by atoms with Gasteiger partial charge in [0.1, 0.15) is 5.82 Å². The van der Waals surface area contributed by atoms with Gasteiger partial charge in [-0.3, -0.25) is 14.3 Å². The molecule has 3 aromatic rings. The summed E-state index contributed by atoms with van der Waals surface area (Å²) >= 11 is 0. The van der Waals surface area contributed by atoms with E-state index in [0.29, 0.717) is 23.4 Å². The number of anilines is 1. The molecule has 1 atom stereocenters. The lowest BCUT2D eigenvalue weighted by Crippen LogP contribution is -2.33. The van der Waals surface area contributed by atoms with Gasteiger partial charge < -0.3 is 15.0 Å². The van der Waals surface area contributed by atoms with Crippen molar-refractivity contribution in [3.8, 4) is 11.3 Å². The monoisotopic (exact) mass is 490 g/mol. The van der Waals surface area contributed by atoms with Crippen LogP contribution in [0, 0.1) is 19.7 Å². The summed E-state index contributed by atoms with van der Waals surface area (Å²) < 4.78 is 21.0. The molecular weight excluding hydrogens is 459 g/mol. The fourth-order valence-electron chi connectivity index (χ4n) is 4.38. The summed E-state index contributed by atoms with van der Waals surface area (Å²) in [6, 6.07) is 13.9. The second-order valence-electron chi connectivity index (χ2n) is 9.13. The SMILES string of the molecule is COCCCn1nc(-c2ccc(C)c(NC(=O)C3=CN(C)C(=O)CC3c3cccc(F)c3)c2)cc1C. The van der Waals surface area contributed by atoms with Crippen LogP contribution in [0.1, 0.15) is 35.6 Å². The molecule has 8 heteroatoms. The Hall–Kier alpha value is -3.78. The quantitative estimate of drug-likeness (QED) is 0.460. The number of aromatic nitrogens is 2. The van der Waals surface area contributed by atoms with Gasteiger partial charge in [-0.05, 0) is 55.7 Å². The molecule has 0 radical (unpaired) electrons. The Bertz CT molecular complexity index is 1310. The van der Waals surface area contributed by atoms with E-state index in [4.69, 9.17) is 9.84 Å². The summed E-state index contributed by atoms with van der Waals surface area (Å²) in [6.45, 7) is 5.36. The van der Waals surface area contributed by atoms with Gasteiger partial charge in [0.15, 0.2) is 0 Å². The van der Waals surface area contributed by atoms with Gasteiger partial charge in [-0.15, -0.1) is 0 Å². The number of nitrogens with one attached hydrogen (secondary N) is 1. The Labute approximate surface area is 210 Å². The van der Waals surface area contributed by atoms with Crippen molar-refractivity contribution in [2.75, 3.05) is 26.1 Å². The maximum absolute atomic E-state index is 13.9. The number of nitrogens with zero attached hydrogens (tertiary/aromatic N) is 3. The smallest absolute Gasteiger partial charge is 0.253 e. The molecule has 1 aliphatic heterocycles. The molecule has 4 rings (SSSR count). The van der Waals surface area contributed by atoms with E-state index in [2.05, 4.69) is 5.32 Å². The van der Waals surface area contributed by atoms with Crippen molar-refractivity contribution in [1.29, 1.82) is 0 Å². The third kappa shape index (κ3) is 5.54. The second kappa shape index (κ2) is 10.9. The second-order valence-corrected chi connectivity index (χ2v) is 9.13. The summed E-state index contributed by atoms with van der Waals surface area (Å²) in [5, 5.41) is 7.74. The van der Waals surface area contributed by atoms with Crippen LogP contribution >= 0.6 is 0 Å². The van der Waals surface area contributed by atoms with Crippen LogP contribution in [0.3, 0.4) is 0 Å². The maximum Gasteiger partial charge on any atom is 0.253 e. The number of carbonyl (C=O) groups is 2. The number of ether oxygens (including phenoxy) is 1. The first-order valence-corrected chi connectivity index (χ1v) is 12.0. The van der Waals surface area contributed by atoms with Gasteiger partial charge in [0.2, 0.25) is 5.91 Å². The summed E-state index contributed by atoms with van der Waals surface area (Å²) in [4.78, 5) is 27.3. The largest absolute Gasteiger partial charge is 0.385 e. The molecule has 1 unspecified atom stereocenters. The van der Waals surface area contributed by atoms with Crippen LogP contribution in [0.5, 0.6) is 0 Å². The Morgan fingerprint density at radius 1 is 1.19 bits per heavy atom. The predicted molar refractivity (Wildman–Crippen MR) is 137 cm³/mol. The van der Waals surface area contributed by atoms with E-state index in [9.17, 15) is 14.0 Å². The highest BCUT2D eigenvalue weighted by atomic mass is 19.1. The first-order chi connectivity index (χ1) is 17.3. The average Bonchev–Trinajstić information content (AvgIpc) is 3.22. The molecule has 0 spiro atoms. The summed E-state index contributed by atoms with van der Waals surface area (Å²) in [7, 11) is 3.30. The molecule has 1 aromatic heterocycles. The number of hydrogen-bond donors (Lipinski definition) is 1. The fraction of sp³-hybridized carbons (Fsp3) is 0.321. The minimum atomic E-state index is -0.529. The normalized spacial score (nSPS) is 15.7. The number of carbonyl (C=O) groups excluding carboxylic acids is 2. The average molecular weight is 491 g/mol. The number of benzene rings is 2. The van der Waals surface area contributed by atoms with Gasteiger partial charge in [-0.1, -0.05) is 24.3 Å². The van der Waals surface area contributed by atoms with Crippen molar-refractivity contribution in [2.45, 2.75) is 39.2 Å². The lowest BCUT2D eigenvalue weighted by molar-refractivity contribution is -0.128. The number of rotatable bonds is 8. The van der Waals surface area contributed by atoms with Crippen LogP contribution < -0.4 is 5.32 Å². The van der Waals surface area contributed by atoms with Gasteiger partial charge in [-0.2, -0.15) is 5.10 Å². The molecule has 2 heterocycles. The van der Waals surface area contributed by atoms with Crippen molar-refractivity contribution in [1.82, 2.24) is 14.7 Å². The van der Waals surface area contributed by atoms with Crippen molar-refractivity contribution in [2.24, 2.45) is 0 Å². The summed E-state index contributed by atoms with van der Waals surface area (Å²) in [6.07, 6.45) is 2.51. The molecule has 0 fully saturated rings. The number of amides is 2. The predicted octanol–water partition coefficient (Wildman–Crippen LogP) is 4.81. The van der Waals surface area contributed by atoms with Gasteiger partial charge in [0.25, 0.3) is 5.91 Å². The lowest BCUT2D eigenvalue weighted by Gasteiger charge is -2.28. The summed E-state index contributed by atoms with van der Waals surface area (Å²) in [5.41, 5.74) is 5.30. The molecule has 1 N–H and O–H groups in total. The molecule has 0 aliphatic carbocycles. The molecule has 36 heavy (non-hydrogen) atoms. The highest BCUT2D eigenvalue weighted by Gasteiger charge is 2.31. The van der Waals surface area contributed by atoms with Gasteiger partial charge in [-0.25, -0.2) is 4.39 Å². The van der Waals surface area contributed by atoms with Crippen LogP contribution in [-0.2, 0) is 20.9 Å². The highest BCUT2D eigenvalue weighted by Crippen LogP contribution is 2.34. The van der Waals surface area contributed by atoms with Gasteiger partial charge in [0.05, 0.1) is 5.69 Å². The van der Waals surface area contributed by atoms with Crippen LogP contribution in [0.2, 0.25) is 0 Å². The third-order valence-corrected chi connectivity index (χ3v) is 6.47. The first kappa shape index (κ1) is 25.3. The molecule has 188 valence electrons. The van der Waals surface area contributed by atoms with Gasteiger partial charge >= 0.3 is 0 Å². The van der Waals surface area contributed by atoms with Gasteiger partial charge in [0, 0.05) is 68.4 Å². The zero-order chi connectivity index (χ0) is 25.8. The lowest BCUT2D eigenvalue weighted by atomic mass is 9.85. The number of aryl methyl sites for hydroxylation is 3. The molecular formula is C28H31FN4O3. The molecule has 0 saturated carbocycles. The Morgan fingerprint density at radius 3 is 2.75 bits per heavy atom. The third-order valence-electron chi connectivity index (χ3n) is 6.47. The Morgan fingerprint density at radius 2 is 2.00 bits per heavy atom. The van der Waals surface area contributed by atoms with Crippen molar-refractivity contribution < 1.29 is 18.7 Å². The minimum absolute atomic E-state index is 0.0952. The standard InChI is InChI=1S/C28H31FN4O3/c1-18-9-10-21(26-13-19(2)33(31-26)11-6-12-36-4)15-25(18)30-28(35)24-17-32(3)27(34)16-23(24)20-7-5-8-22(29)14-20/h5,7-10,13-15,17,23H,6,11-12,16H2,1-4H3,(H,30,35). The van der Waals surface area contributed by atoms with Crippen LogP contribution in [0.4, 0.5) is 10.1 Å². The van der Waals surface area contributed by atoms with Crippen LogP contribution in [0.15, 0.2) is 60.3 Å². The Kier molecular flexibility index (Phi) is 7.64. The van der Waals surface area contributed by atoms with E-state index in [0.717, 1.165) is 35.5 Å². The zero-order valence-electron chi connectivity index (χ0n) is 21.0. The molecule has 0 bridgehead atoms. The number of halogens is 1. The molecule has 2 amide bonds. The Balaban J connectivity index is 1.60. The highest BCUT2D eigenvalue weighted by molar-refractivity contribution is 6.07. The maximum atomic E-state index is 13.9. The molecule has 7 nitrogen and oxygen atoms in total. The first-order valence-electron chi connectivity index (χ1n) is 12.0. The van der Waals surface area contributed by atoms with E-state index < -0.39 is 11.7 Å². The van der Waals surface area contributed by atoms with E-state index in [1.54, 1.807) is 32.5 Å². The fourth-order valence-corrected chi connectivity index (χ4v) is 4.38.